The van der Waals surface area contributed by atoms with E-state index in [1.807, 2.05) is 13.1 Å². The zero-order chi connectivity index (χ0) is 10.7. The van der Waals surface area contributed by atoms with E-state index in [4.69, 9.17) is 12.2 Å². The van der Waals surface area contributed by atoms with E-state index in [9.17, 15) is 0 Å². The van der Waals surface area contributed by atoms with Crippen molar-refractivity contribution in [2.75, 3.05) is 7.05 Å². The van der Waals surface area contributed by atoms with Crippen molar-refractivity contribution in [1.29, 1.82) is 0 Å². The summed E-state index contributed by atoms with van der Waals surface area (Å²) < 4.78 is 0. The van der Waals surface area contributed by atoms with Crippen LogP contribution >= 0.6 is 12.2 Å². The Morgan fingerprint density at radius 1 is 1.40 bits per heavy atom. The highest BCUT2D eigenvalue weighted by Crippen LogP contribution is 2.19. The first-order valence-corrected chi connectivity index (χ1v) is 5.72. The van der Waals surface area contributed by atoms with E-state index in [0.29, 0.717) is 6.04 Å². The summed E-state index contributed by atoms with van der Waals surface area (Å²) in [5, 5.41) is 4.19. The molecule has 1 saturated carbocycles. The molecule has 1 fully saturated rings. The maximum absolute atomic E-state index is 5.31. The smallest absolute Gasteiger partial charge is 0.169 e. The molecule has 0 atom stereocenters. The first-order chi connectivity index (χ1) is 7.25. The Labute approximate surface area is 96.3 Å². The molecule has 1 aromatic carbocycles. The van der Waals surface area contributed by atoms with Crippen molar-refractivity contribution < 1.29 is 0 Å². The SMILES string of the molecule is CN(Cc1ccccc1)C(=S)NC1CC1. The van der Waals surface area contributed by atoms with Gasteiger partial charge in [-0.3, -0.25) is 0 Å². The van der Waals surface area contributed by atoms with Crippen LogP contribution in [0.3, 0.4) is 0 Å². The lowest BCUT2D eigenvalue weighted by Crippen LogP contribution is -2.37. The summed E-state index contributed by atoms with van der Waals surface area (Å²) in [4.78, 5) is 2.09. The summed E-state index contributed by atoms with van der Waals surface area (Å²) in [6.07, 6.45) is 2.53. The Kier molecular flexibility index (Phi) is 3.21. The second-order valence-corrected chi connectivity index (χ2v) is 4.45. The molecule has 0 radical (unpaired) electrons. The molecule has 0 saturated heterocycles. The third kappa shape index (κ3) is 3.20. The van der Waals surface area contributed by atoms with Gasteiger partial charge in [-0.05, 0) is 30.6 Å². The highest BCUT2D eigenvalue weighted by molar-refractivity contribution is 7.80. The second kappa shape index (κ2) is 4.62. The summed E-state index contributed by atoms with van der Waals surface area (Å²) >= 11 is 5.31. The van der Waals surface area contributed by atoms with Gasteiger partial charge in [-0.15, -0.1) is 0 Å². The van der Waals surface area contributed by atoms with Crippen molar-refractivity contribution >= 4 is 17.3 Å². The number of hydrogen-bond donors (Lipinski definition) is 1. The number of thiocarbonyl (C=S) groups is 1. The monoisotopic (exact) mass is 220 g/mol. The molecule has 0 heterocycles. The maximum Gasteiger partial charge on any atom is 0.169 e. The van der Waals surface area contributed by atoms with Gasteiger partial charge in [-0.1, -0.05) is 30.3 Å². The summed E-state index contributed by atoms with van der Waals surface area (Å²) in [5.41, 5.74) is 1.29. The van der Waals surface area contributed by atoms with Gasteiger partial charge in [0.2, 0.25) is 0 Å². The molecule has 0 amide bonds. The topological polar surface area (TPSA) is 15.3 Å². The van der Waals surface area contributed by atoms with E-state index >= 15 is 0 Å². The molecule has 0 spiro atoms. The Balaban J connectivity index is 1.85. The number of nitrogens with zero attached hydrogens (tertiary/aromatic N) is 1. The predicted molar refractivity (Wildman–Crippen MR) is 66.7 cm³/mol. The van der Waals surface area contributed by atoms with E-state index in [0.717, 1.165) is 11.7 Å². The van der Waals surface area contributed by atoms with Crippen molar-refractivity contribution in [3.8, 4) is 0 Å². The predicted octanol–water partition coefficient (Wildman–Crippen LogP) is 2.16. The molecule has 1 aliphatic carbocycles. The van der Waals surface area contributed by atoms with Crippen molar-refractivity contribution in [2.24, 2.45) is 0 Å². The van der Waals surface area contributed by atoms with Gasteiger partial charge in [0.05, 0.1) is 0 Å². The largest absolute Gasteiger partial charge is 0.360 e. The first kappa shape index (κ1) is 10.4. The number of benzene rings is 1. The van der Waals surface area contributed by atoms with E-state index in [1.165, 1.54) is 18.4 Å². The Hall–Kier alpha value is -1.09. The molecule has 1 aromatic rings. The molecule has 0 aliphatic heterocycles. The van der Waals surface area contributed by atoms with E-state index < -0.39 is 0 Å². The standard InChI is InChI=1S/C12H16N2S/c1-14(12(15)13-11-7-8-11)9-10-5-3-2-4-6-10/h2-6,11H,7-9H2,1H3,(H,13,15). The van der Waals surface area contributed by atoms with Gasteiger partial charge in [-0.2, -0.15) is 0 Å². The van der Waals surface area contributed by atoms with Crippen molar-refractivity contribution in [1.82, 2.24) is 10.2 Å². The van der Waals surface area contributed by atoms with Gasteiger partial charge in [0.1, 0.15) is 0 Å². The number of hydrogen-bond acceptors (Lipinski definition) is 1. The summed E-state index contributed by atoms with van der Waals surface area (Å²) in [6, 6.07) is 11.0. The highest BCUT2D eigenvalue weighted by atomic mass is 32.1. The van der Waals surface area contributed by atoms with Crippen LogP contribution in [0.1, 0.15) is 18.4 Å². The minimum absolute atomic E-state index is 0.635. The van der Waals surface area contributed by atoms with E-state index in [1.54, 1.807) is 0 Å². The quantitative estimate of drug-likeness (QED) is 0.786. The van der Waals surface area contributed by atoms with Crippen LogP contribution in [0.2, 0.25) is 0 Å². The van der Waals surface area contributed by atoms with Crippen LogP contribution in [0.25, 0.3) is 0 Å². The fraction of sp³-hybridized carbons (Fsp3) is 0.417. The average molecular weight is 220 g/mol. The lowest BCUT2D eigenvalue weighted by atomic mass is 10.2. The normalized spacial score (nSPS) is 14.7. The minimum atomic E-state index is 0.635. The van der Waals surface area contributed by atoms with Crippen molar-refractivity contribution in [2.45, 2.75) is 25.4 Å². The van der Waals surface area contributed by atoms with Gasteiger partial charge in [0, 0.05) is 19.6 Å². The third-order valence-corrected chi connectivity index (χ3v) is 2.94. The maximum atomic E-state index is 5.31. The Morgan fingerprint density at radius 3 is 2.67 bits per heavy atom. The molecule has 0 unspecified atom stereocenters. The molecule has 1 aliphatic rings. The van der Waals surface area contributed by atoms with Crippen LogP contribution < -0.4 is 5.32 Å². The molecule has 1 N–H and O–H groups in total. The molecule has 3 heteroatoms. The Bertz CT molecular complexity index is 333. The van der Waals surface area contributed by atoms with Crippen LogP contribution in [-0.4, -0.2) is 23.1 Å². The van der Waals surface area contributed by atoms with Gasteiger partial charge >= 0.3 is 0 Å². The van der Waals surface area contributed by atoms with Crippen LogP contribution in [0, 0.1) is 0 Å². The molecular weight excluding hydrogens is 204 g/mol. The number of rotatable bonds is 3. The number of nitrogens with one attached hydrogen (secondary N) is 1. The molecule has 15 heavy (non-hydrogen) atoms. The average Bonchev–Trinajstić information content (AvgIpc) is 3.03. The van der Waals surface area contributed by atoms with E-state index in [2.05, 4.69) is 34.5 Å². The van der Waals surface area contributed by atoms with Crippen LogP contribution in [0.4, 0.5) is 0 Å². The zero-order valence-electron chi connectivity index (χ0n) is 8.94. The summed E-state index contributed by atoms with van der Waals surface area (Å²) in [6.45, 7) is 0.874. The highest BCUT2D eigenvalue weighted by Gasteiger charge is 2.22. The fourth-order valence-electron chi connectivity index (χ4n) is 1.44. The van der Waals surface area contributed by atoms with Gasteiger partial charge < -0.3 is 10.2 Å². The lowest BCUT2D eigenvalue weighted by Gasteiger charge is -2.20. The minimum Gasteiger partial charge on any atom is -0.360 e. The first-order valence-electron chi connectivity index (χ1n) is 5.31. The second-order valence-electron chi connectivity index (χ2n) is 4.07. The molecule has 2 rings (SSSR count). The van der Waals surface area contributed by atoms with E-state index in [-0.39, 0.29) is 0 Å². The van der Waals surface area contributed by atoms with Crippen LogP contribution in [-0.2, 0) is 6.54 Å². The molecular formula is C12H16N2S. The van der Waals surface area contributed by atoms with Gasteiger partial charge in [0.25, 0.3) is 0 Å². The molecule has 0 bridgehead atoms. The van der Waals surface area contributed by atoms with Crippen LogP contribution in [0.15, 0.2) is 30.3 Å². The van der Waals surface area contributed by atoms with Crippen LogP contribution in [0.5, 0.6) is 0 Å². The zero-order valence-corrected chi connectivity index (χ0v) is 9.76. The molecule has 0 aromatic heterocycles. The summed E-state index contributed by atoms with van der Waals surface area (Å²) in [7, 11) is 2.03. The Morgan fingerprint density at radius 2 is 2.07 bits per heavy atom. The lowest BCUT2D eigenvalue weighted by molar-refractivity contribution is 0.488. The van der Waals surface area contributed by atoms with Crippen molar-refractivity contribution in [3.63, 3.8) is 0 Å². The molecule has 80 valence electrons. The van der Waals surface area contributed by atoms with Crippen molar-refractivity contribution in [3.05, 3.63) is 35.9 Å². The summed E-state index contributed by atoms with van der Waals surface area (Å²) in [5.74, 6) is 0. The third-order valence-electron chi connectivity index (χ3n) is 2.51. The van der Waals surface area contributed by atoms with Gasteiger partial charge in [-0.25, -0.2) is 0 Å². The van der Waals surface area contributed by atoms with Gasteiger partial charge in [0.15, 0.2) is 5.11 Å². The fourth-order valence-corrected chi connectivity index (χ4v) is 1.67. The molecule has 2 nitrogen and oxygen atoms in total.